The van der Waals surface area contributed by atoms with Crippen molar-refractivity contribution in [3.63, 3.8) is 0 Å². The third kappa shape index (κ3) is 2.68. The lowest BCUT2D eigenvalue weighted by atomic mass is 10.0. The Labute approximate surface area is 119 Å². The normalized spacial score (nSPS) is 22.4. The van der Waals surface area contributed by atoms with E-state index in [0.717, 1.165) is 31.6 Å². The van der Waals surface area contributed by atoms with Crippen LogP contribution in [-0.4, -0.2) is 46.8 Å². The lowest BCUT2D eigenvalue weighted by Gasteiger charge is -2.38. The lowest BCUT2D eigenvalue weighted by Crippen LogP contribution is -2.45. The summed E-state index contributed by atoms with van der Waals surface area (Å²) in [6.45, 7) is 3.09. The second kappa shape index (κ2) is 5.02. The number of piperidine rings is 1. The fourth-order valence-corrected chi connectivity index (χ4v) is 3.43. The van der Waals surface area contributed by atoms with Gasteiger partial charge in [0.15, 0.2) is 15.6 Å². The summed E-state index contributed by atoms with van der Waals surface area (Å²) in [5.41, 5.74) is 1.05. The highest BCUT2D eigenvalue weighted by Crippen LogP contribution is 2.33. The Morgan fingerprint density at radius 2 is 1.60 bits per heavy atom. The molecule has 6 heteroatoms. The maximum atomic E-state index is 11.4. The first-order valence-corrected chi connectivity index (χ1v) is 8.71. The van der Waals surface area contributed by atoms with Crippen LogP contribution in [0.5, 0.6) is 0 Å². The van der Waals surface area contributed by atoms with Gasteiger partial charge in [0.05, 0.1) is 18.1 Å². The summed E-state index contributed by atoms with van der Waals surface area (Å²) in [6, 6.07) is 7.06. The largest absolute Gasteiger partial charge is 0.371 e. The summed E-state index contributed by atoms with van der Waals surface area (Å²) in [5, 5.41) is 0. The van der Waals surface area contributed by atoms with Gasteiger partial charge in [-0.2, -0.15) is 0 Å². The van der Waals surface area contributed by atoms with Gasteiger partial charge in [-0.25, -0.2) is 8.42 Å². The predicted molar refractivity (Wildman–Crippen MR) is 75.6 cm³/mol. The zero-order valence-corrected chi connectivity index (χ0v) is 12.4. The first-order chi connectivity index (χ1) is 9.49. The molecule has 1 aromatic carbocycles. The quantitative estimate of drug-likeness (QED) is 0.826. The smallest absolute Gasteiger partial charge is 0.175 e. The van der Waals surface area contributed by atoms with Gasteiger partial charge in [0.2, 0.25) is 0 Å². The molecule has 2 aliphatic heterocycles. The molecule has 5 nitrogen and oxygen atoms in total. The molecular weight excluding hydrogens is 278 g/mol. The number of hydrogen-bond acceptors (Lipinski definition) is 5. The van der Waals surface area contributed by atoms with Gasteiger partial charge in [-0.3, -0.25) is 0 Å². The Hall–Kier alpha value is -1.11. The molecule has 0 aromatic heterocycles. The Morgan fingerprint density at radius 1 is 1.05 bits per heavy atom. The fourth-order valence-electron chi connectivity index (χ4n) is 2.80. The summed E-state index contributed by atoms with van der Waals surface area (Å²) in [6.07, 6.45) is 2.92. The highest BCUT2D eigenvalue weighted by atomic mass is 32.2. The van der Waals surface area contributed by atoms with Crippen LogP contribution in [0.3, 0.4) is 0 Å². The molecule has 0 unspecified atom stereocenters. The Balaban J connectivity index is 1.69. The number of anilines is 1. The zero-order valence-electron chi connectivity index (χ0n) is 11.5. The third-order valence-electron chi connectivity index (χ3n) is 3.97. The van der Waals surface area contributed by atoms with E-state index in [2.05, 4.69) is 4.90 Å². The standard InChI is InChI=1S/C14H19NO4S/c1-20(16,17)13-4-2-12(3-5-13)15-8-6-14(7-9-15)18-10-11-19-14/h2-5H,6-11H2,1H3. The van der Waals surface area contributed by atoms with Gasteiger partial charge in [-0.1, -0.05) is 0 Å². The zero-order chi connectivity index (χ0) is 14.2. The van der Waals surface area contributed by atoms with Gasteiger partial charge in [0.1, 0.15) is 0 Å². The van der Waals surface area contributed by atoms with Crippen molar-refractivity contribution in [3.05, 3.63) is 24.3 Å². The predicted octanol–water partition coefficient (Wildman–Crippen LogP) is 1.43. The van der Waals surface area contributed by atoms with Crippen LogP contribution in [-0.2, 0) is 19.3 Å². The lowest BCUT2D eigenvalue weighted by molar-refractivity contribution is -0.169. The summed E-state index contributed by atoms with van der Waals surface area (Å²) in [7, 11) is -3.13. The van der Waals surface area contributed by atoms with Gasteiger partial charge < -0.3 is 14.4 Å². The molecule has 3 rings (SSSR count). The van der Waals surface area contributed by atoms with Crippen LogP contribution in [0.4, 0.5) is 5.69 Å². The van der Waals surface area contributed by atoms with Crippen LogP contribution in [0.2, 0.25) is 0 Å². The monoisotopic (exact) mass is 297 g/mol. The third-order valence-corrected chi connectivity index (χ3v) is 5.10. The average molecular weight is 297 g/mol. The van der Waals surface area contributed by atoms with Crippen molar-refractivity contribution in [1.82, 2.24) is 0 Å². The number of benzene rings is 1. The first-order valence-electron chi connectivity index (χ1n) is 6.82. The highest BCUT2D eigenvalue weighted by Gasteiger charge is 2.39. The van der Waals surface area contributed by atoms with Crippen molar-refractivity contribution in [2.75, 3.05) is 37.5 Å². The molecule has 2 fully saturated rings. The summed E-state index contributed by atoms with van der Waals surface area (Å²) in [4.78, 5) is 2.60. The molecule has 1 spiro atoms. The molecule has 0 radical (unpaired) electrons. The Morgan fingerprint density at radius 3 is 2.10 bits per heavy atom. The van der Waals surface area contributed by atoms with Crippen LogP contribution in [0, 0.1) is 0 Å². The number of hydrogen-bond donors (Lipinski definition) is 0. The van der Waals surface area contributed by atoms with Gasteiger partial charge in [-0.05, 0) is 24.3 Å². The first kappa shape index (κ1) is 13.9. The molecular formula is C14H19NO4S. The Kier molecular flexibility index (Phi) is 3.48. The molecule has 20 heavy (non-hydrogen) atoms. The molecule has 2 heterocycles. The molecule has 0 bridgehead atoms. The van der Waals surface area contributed by atoms with Gasteiger partial charge in [0, 0.05) is 37.9 Å². The van der Waals surface area contributed by atoms with Gasteiger partial charge in [-0.15, -0.1) is 0 Å². The second-order valence-electron chi connectivity index (χ2n) is 5.36. The number of sulfone groups is 1. The van der Waals surface area contributed by atoms with Crippen molar-refractivity contribution in [2.45, 2.75) is 23.5 Å². The highest BCUT2D eigenvalue weighted by molar-refractivity contribution is 7.90. The molecule has 1 aromatic rings. The van der Waals surface area contributed by atoms with E-state index >= 15 is 0 Å². The number of ether oxygens (including phenoxy) is 2. The number of rotatable bonds is 2. The molecule has 110 valence electrons. The maximum absolute atomic E-state index is 11.4. The SMILES string of the molecule is CS(=O)(=O)c1ccc(N2CCC3(CC2)OCCO3)cc1. The molecule has 2 saturated heterocycles. The van der Waals surface area contributed by atoms with E-state index in [1.54, 1.807) is 12.1 Å². The van der Waals surface area contributed by atoms with Crippen LogP contribution in [0.15, 0.2) is 29.2 Å². The minimum Gasteiger partial charge on any atom is -0.371 e. The number of nitrogens with zero attached hydrogens (tertiary/aromatic N) is 1. The van der Waals surface area contributed by atoms with Crippen molar-refractivity contribution >= 4 is 15.5 Å². The van der Waals surface area contributed by atoms with E-state index in [0.29, 0.717) is 18.1 Å². The minimum absolute atomic E-state index is 0.359. The topological polar surface area (TPSA) is 55.8 Å². The van der Waals surface area contributed by atoms with Crippen LogP contribution in [0.1, 0.15) is 12.8 Å². The second-order valence-corrected chi connectivity index (χ2v) is 7.38. The minimum atomic E-state index is -3.13. The van der Waals surface area contributed by atoms with E-state index in [1.807, 2.05) is 12.1 Å². The van der Waals surface area contributed by atoms with Gasteiger partial charge in [0.25, 0.3) is 0 Å². The van der Waals surface area contributed by atoms with E-state index in [4.69, 9.17) is 9.47 Å². The molecule has 0 aliphatic carbocycles. The van der Waals surface area contributed by atoms with E-state index < -0.39 is 9.84 Å². The van der Waals surface area contributed by atoms with Crippen LogP contribution >= 0.6 is 0 Å². The van der Waals surface area contributed by atoms with Crippen LogP contribution in [0.25, 0.3) is 0 Å². The Bertz CT molecular complexity index is 566. The summed E-state index contributed by atoms with van der Waals surface area (Å²) >= 11 is 0. The average Bonchev–Trinajstić information content (AvgIpc) is 2.87. The van der Waals surface area contributed by atoms with E-state index in [1.165, 1.54) is 6.26 Å². The van der Waals surface area contributed by atoms with E-state index in [9.17, 15) is 8.42 Å². The fraction of sp³-hybridized carbons (Fsp3) is 0.571. The molecule has 0 atom stereocenters. The molecule has 0 saturated carbocycles. The summed E-state index contributed by atoms with van der Waals surface area (Å²) < 4.78 is 34.3. The van der Waals surface area contributed by atoms with Crippen molar-refractivity contribution < 1.29 is 17.9 Å². The van der Waals surface area contributed by atoms with Crippen molar-refractivity contribution in [2.24, 2.45) is 0 Å². The maximum Gasteiger partial charge on any atom is 0.175 e. The summed E-state index contributed by atoms with van der Waals surface area (Å²) in [5.74, 6) is -0.372. The molecule has 0 amide bonds. The molecule has 2 aliphatic rings. The molecule has 0 N–H and O–H groups in total. The van der Waals surface area contributed by atoms with E-state index in [-0.39, 0.29) is 5.79 Å². The van der Waals surface area contributed by atoms with Crippen LogP contribution < -0.4 is 4.90 Å². The van der Waals surface area contributed by atoms with Crippen molar-refractivity contribution in [1.29, 1.82) is 0 Å². The van der Waals surface area contributed by atoms with Gasteiger partial charge >= 0.3 is 0 Å². The van der Waals surface area contributed by atoms with Crippen molar-refractivity contribution in [3.8, 4) is 0 Å².